The maximum atomic E-state index is 12.5. The largest absolute Gasteiger partial charge is 0.344 e. The van der Waals surface area contributed by atoms with Crippen molar-refractivity contribution in [1.82, 2.24) is 20.3 Å². The number of para-hydroxylation sites is 1. The third-order valence-corrected chi connectivity index (χ3v) is 3.90. The third-order valence-electron chi connectivity index (χ3n) is 3.90. The van der Waals surface area contributed by atoms with Crippen molar-refractivity contribution in [1.29, 1.82) is 0 Å². The molecule has 8 heteroatoms. The van der Waals surface area contributed by atoms with Gasteiger partial charge in [0.15, 0.2) is 0 Å². The van der Waals surface area contributed by atoms with Crippen LogP contribution in [-0.4, -0.2) is 27.4 Å². The Morgan fingerprint density at radius 1 is 1.23 bits per heavy atom. The summed E-state index contributed by atoms with van der Waals surface area (Å²) in [5.41, 5.74) is 4.94. The van der Waals surface area contributed by atoms with Gasteiger partial charge in [0.05, 0.1) is 10.9 Å². The lowest BCUT2D eigenvalue weighted by Gasteiger charge is -2.22. The SMILES string of the molecule is CCn1c(NNC(=O)C(C)NC(=O)C(C)(C)C)nc2ccccc2c1=O. The molecule has 1 aromatic heterocycles. The van der Waals surface area contributed by atoms with Crippen LogP contribution in [0.2, 0.25) is 0 Å². The van der Waals surface area contributed by atoms with Gasteiger partial charge in [-0.15, -0.1) is 0 Å². The monoisotopic (exact) mass is 359 g/mol. The highest BCUT2D eigenvalue weighted by atomic mass is 16.2. The number of fused-ring (bicyclic) bond motifs is 1. The number of hydrogen-bond acceptors (Lipinski definition) is 5. The van der Waals surface area contributed by atoms with Gasteiger partial charge >= 0.3 is 0 Å². The molecule has 0 saturated heterocycles. The Kier molecular flexibility index (Phi) is 5.64. The molecular formula is C18H25N5O3. The quantitative estimate of drug-likeness (QED) is 0.700. The van der Waals surface area contributed by atoms with Crippen LogP contribution < -0.4 is 21.7 Å². The summed E-state index contributed by atoms with van der Waals surface area (Å²) in [6.45, 7) is 9.10. The van der Waals surface area contributed by atoms with E-state index in [4.69, 9.17) is 0 Å². The maximum absolute atomic E-state index is 12.5. The van der Waals surface area contributed by atoms with Crippen molar-refractivity contribution in [3.63, 3.8) is 0 Å². The van der Waals surface area contributed by atoms with Crippen LogP contribution >= 0.6 is 0 Å². The highest BCUT2D eigenvalue weighted by molar-refractivity contribution is 5.89. The number of benzene rings is 1. The molecule has 0 fully saturated rings. The molecule has 0 aliphatic carbocycles. The Morgan fingerprint density at radius 3 is 2.50 bits per heavy atom. The van der Waals surface area contributed by atoms with Gasteiger partial charge < -0.3 is 5.32 Å². The first-order chi connectivity index (χ1) is 12.1. The molecule has 0 spiro atoms. The normalized spacial score (nSPS) is 12.5. The number of hydrazine groups is 1. The maximum Gasteiger partial charge on any atom is 0.262 e. The van der Waals surface area contributed by atoms with E-state index in [-0.39, 0.29) is 17.4 Å². The minimum absolute atomic E-state index is 0.191. The average Bonchev–Trinajstić information content (AvgIpc) is 2.58. The molecule has 0 aliphatic heterocycles. The first-order valence-corrected chi connectivity index (χ1v) is 8.51. The summed E-state index contributed by atoms with van der Waals surface area (Å²) >= 11 is 0. The molecule has 1 heterocycles. The zero-order chi connectivity index (χ0) is 19.5. The third kappa shape index (κ3) is 4.19. The highest BCUT2D eigenvalue weighted by Gasteiger charge is 2.25. The van der Waals surface area contributed by atoms with Crippen LogP contribution in [0.3, 0.4) is 0 Å². The summed E-state index contributed by atoms with van der Waals surface area (Å²) < 4.78 is 1.43. The Morgan fingerprint density at radius 2 is 1.88 bits per heavy atom. The molecule has 0 aliphatic rings. The molecule has 8 nitrogen and oxygen atoms in total. The zero-order valence-electron chi connectivity index (χ0n) is 15.7. The van der Waals surface area contributed by atoms with Gasteiger partial charge in [0.25, 0.3) is 11.5 Å². The van der Waals surface area contributed by atoms with Crippen molar-refractivity contribution in [2.75, 3.05) is 5.43 Å². The molecule has 0 saturated carbocycles. The lowest BCUT2D eigenvalue weighted by atomic mass is 9.95. The molecule has 26 heavy (non-hydrogen) atoms. The van der Waals surface area contributed by atoms with Gasteiger partial charge in [0, 0.05) is 12.0 Å². The molecule has 2 amide bonds. The average molecular weight is 359 g/mol. The van der Waals surface area contributed by atoms with Crippen molar-refractivity contribution in [2.24, 2.45) is 5.41 Å². The number of rotatable bonds is 5. The summed E-state index contributed by atoms with van der Waals surface area (Å²) in [5.74, 6) is -0.430. The van der Waals surface area contributed by atoms with Crippen molar-refractivity contribution in [3.8, 4) is 0 Å². The second-order valence-corrected chi connectivity index (χ2v) is 7.06. The molecule has 140 valence electrons. The molecule has 3 N–H and O–H groups in total. The highest BCUT2D eigenvalue weighted by Crippen LogP contribution is 2.13. The van der Waals surface area contributed by atoms with Crippen LogP contribution in [-0.2, 0) is 16.1 Å². The number of amides is 2. The van der Waals surface area contributed by atoms with E-state index in [2.05, 4.69) is 21.2 Å². The number of nitrogens with one attached hydrogen (secondary N) is 3. The van der Waals surface area contributed by atoms with Gasteiger partial charge in [0.2, 0.25) is 11.9 Å². The second kappa shape index (κ2) is 7.55. The summed E-state index contributed by atoms with van der Waals surface area (Å²) in [5, 5.41) is 3.16. The zero-order valence-corrected chi connectivity index (χ0v) is 15.7. The van der Waals surface area contributed by atoms with Crippen LogP contribution in [0.1, 0.15) is 34.6 Å². The van der Waals surface area contributed by atoms with Crippen LogP contribution in [0.4, 0.5) is 5.95 Å². The van der Waals surface area contributed by atoms with Crippen molar-refractivity contribution >= 4 is 28.7 Å². The Hall–Kier alpha value is -2.90. The first kappa shape index (κ1) is 19.4. The molecule has 0 bridgehead atoms. The molecule has 1 atom stereocenters. The van der Waals surface area contributed by atoms with Crippen LogP contribution in [0, 0.1) is 5.41 Å². The smallest absolute Gasteiger partial charge is 0.262 e. The number of aromatic nitrogens is 2. The fourth-order valence-electron chi connectivity index (χ4n) is 2.26. The van der Waals surface area contributed by atoms with Crippen LogP contribution in [0.25, 0.3) is 10.9 Å². The fourth-order valence-corrected chi connectivity index (χ4v) is 2.26. The van der Waals surface area contributed by atoms with E-state index < -0.39 is 17.4 Å². The van der Waals surface area contributed by atoms with Crippen LogP contribution in [0.15, 0.2) is 29.1 Å². The minimum atomic E-state index is -0.739. The predicted molar refractivity (Wildman–Crippen MR) is 101 cm³/mol. The molecule has 1 aromatic carbocycles. The number of hydrogen-bond donors (Lipinski definition) is 3. The first-order valence-electron chi connectivity index (χ1n) is 8.51. The second-order valence-electron chi connectivity index (χ2n) is 7.06. The molecule has 0 radical (unpaired) electrons. The van der Waals surface area contributed by atoms with Crippen molar-refractivity contribution < 1.29 is 9.59 Å². The van der Waals surface area contributed by atoms with E-state index >= 15 is 0 Å². The molecule has 1 unspecified atom stereocenters. The Balaban J connectivity index is 2.15. The van der Waals surface area contributed by atoms with Crippen molar-refractivity contribution in [2.45, 2.75) is 47.2 Å². The topological polar surface area (TPSA) is 105 Å². The summed E-state index contributed by atoms with van der Waals surface area (Å²) in [7, 11) is 0. The van der Waals surface area contributed by atoms with Gasteiger partial charge in [-0.3, -0.25) is 29.8 Å². The predicted octanol–water partition coefficient (Wildman–Crippen LogP) is 1.41. The number of carbonyl (C=O) groups excluding carboxylic acids is 2. The summed E-state index contributed by atoms with van der Waals surface area (Å²) in [6.07, 6.45) is 0. The molecule has 2 rings (SSSR count). The van der Waals surface area contributed by atoms with Crippen LogP contribution in [0.5, 0.6) is 0 Å². The van der Waals surface area contributed by atoms with Gasteiger partial charge in [-0.05, 0) is 26.0 Å². The van der Waals surface area contributed by atoms with E-state index in [1.54, 1.807) is 52.0 Å². The Labute approximate surface area is 152 Å². The summed E-state index contributed by atoms with van der Waals surface area (Å²) in [6, 6.07) is 6.27. The van der Waals surface area contributed by atoms with E-state index in [9.17, 15) is 14.4 Å². The van der Waals surface area contributed by atoms with Gasteiger partial charge in [-0.2, -0.15) is 0 Å². The van der Waals surface area contributed by atoms with E-state index in [0.717, 1.165) is 0 Å². The van der Waals surface area contributed by atoms with Gasteiger partial charge in [-0.1, -0.05) is 32.9 Å². The molecule has 2 aromatic rings. The summed E-state index contributed by atoms with van der Waals surface area (Å²) in [4.78, 5) is 41.1. The van der Waals surface area contributed by atoms with Gasteiger partial charge in [0.1, 0.15) is 6.04 Å². The Bertz CT molecular complexity index is 883. The number of anilines is 1. The number of nitrogens with zero attached hydrogens (tertiary/aromatic N) is 2. The fraction of sp³-hybridized carbons (Fsp3) is 0.444. The minimum Gasteiger partial charge on any atom is -0.344 e. The van der Waals surface area contributed by atoms with Crippen molar-refractivity contribution in [3.05, 3.63) is 34.6 Å². The lowest BCUT2D eigenvalue weighted by Crippen LogP contribution is -2.49. The standard InChI is InChI=1S/C18H25N5O3/c1-6-23-15(25)12-9-7-8-10-13(12)20-17(23)22-21-14(24)11(2)19-16(26)18(3,4)5/h7-11H,6H2,1-5H3,(H,19,26)(H,20,22)(H,21,24). The van der Waals surface area contributed by atoms with E-state index in [1.807, 2.05) is 6.92 Å². The van der Waals surface area contributed by atoms with E-state index in [0.29, 0.717) is 17.4 Å². The van der Waals surface area contributed by atoms with E-state index in [1.165, 1.54) is 4.57 Å². The molecular weight excluding hydrogens is 334 g/mol. The lowest BCUT2D eigenvalue weighted by molar-refractivity contribution is -0.133. The van der Waals surface area contributed by atoms with Gasteiger partial charge in [-0.25, -0.2) is 4.98 Å². The number of carbonyl (C=O) groups is 2.